The highest BCUT2D eigenvalue weighted by atomic mass is 16.7. The van der Waals surface area contributed by atoms with E-state index in [4.69, 9.17) is 9.82 Å². The summed E-state index contributed by atoms with van der Waals surface area (Å²) in [6.07, 6.45) is 13.9. The molecule has 0 saturated carbocycles. The van der Waals surface area contributed by atoms with E-state index in [0.717, 1.165) is 44.1 Å². The predicted octanol–water partition coefficient (Wildman–Crippen LogP) is 2.83. The van der Waals surface area contributed by atoms with Gasteiger partial charge >= 0.3 is 0 Å². The molecule has 36 heavy (non-hydrogen) atoms. The Morgan fingerprint density at radius 1 is 1.22 bits per heavy atom. The van der Waals surface area contributed by atoms with Gasteiger partial charge in [-0.15, -0.1) is 12.3 Å². The standard InChI is InChI=1S/C24H35N7O2.C3H4/c1-4-5-6-7-11-16-30(20-32)27-33-23-22(28(2)3)26-24(29-17-14-25-15-18-29)31(23)19-21-12-9-8-10-13-21;1-3-2/h4-10,12-13,20,25,27H,11,14-19H2,1-3H3;1H,2H3/b5-4-,7-6-;. The molecule has 2 heterocycles. The quantitative estimate of drug-likeness (QED) is 0.204. The average Bonchev–Trinajstić information content (AvgIpc) is 3.25. The zero-order valence-corrected chi connectivity index (χ0v) is 21.9. The Hall–Kier alpha value is -3.74. The third kappa shape index (κ3) is 8.80. The largest absolute Gasteiger partial charge is 0.366 e. The molecule has 3 rings (SSSR count). The van der Waals surface area contributed by atoms with Crippen molar-refractivity contribution >= 4 is 18.2 Å². The zero-order valence-electron chi connectivity index (χ0n) is 21.9. The number of nitrogens with one attached hydrogen (secondary N) is 2. The Bertz CT molecular complexity index is 1000. The van der Waals surface area contributed by atoms with Gasteiger partial charge in [0.25, 0.3) is 5.88 Å². The van der Waals surface area contributed by atoms with Crippen molar-refractivity contribution in [1.82, 2.24) is 25.5 Å². The number of carbonyl (C=O) groups is 1. The summed E-state index contributed by atoms with van der Waals surface area (Å²) < 4.78 is 2.07. The third-order valence-electron chi connectivity index (χ3n) is 5.25. The maximum Gasteiger partial charge on any atom is 0.267 e. The molecule has 0 spiro atoms. The number of piperazine rings is 1. The predicted molar refractivity (Wildman–Crippen MR) is 147 cm³/mol. The number of benzene rings is 1. The number of amides is 1. The molecule has 0 radical (unpaired) electrons. The molecular weight excluding hydrogens is 454 g/mol. The van der Waals surface area contributed by atoms with Gasteiger partial charge in [-0.25, -0.2) is 5.01 Å². The maximum absolute atomic E-state index is 11.6. The number of anilines is 2. The number of imidazole rings is 1. The number of terminal acetylenes is 1. The Kier molecular flexibility index (Phi) is 12.7. The molecule has 0 aliphatic carbocycles. The van der Waals surface area contributed by atoms with Gasteiger partial charge in [0.2, 0.25) is 12.4 Å². The Morgan fingerprint density at radius 2 is 1.92 bits per heavy atom. The summed E-state index contributed by atoms with van der Waals surface area (Å²) in [5.41, 5.74) is 3.95. The number of allylic oxidation sites excluding steroid dienone is 3. The van der Waals surface area contributed by atoms with Crippen molar-refractivity contribution in [2.45, 2.75) is 26.8 Å². The van der Waals surface area contributed by atoms with Gasteiger partial charge in [-0.1, -0.05) is 60.2 Å². The van der Waals surface area contributed by atoms with Crippen LogP contribution in [0.25, 0.3) is 0 Å². The minimum Gasteiger partial charge on any atom is -0.366 e. The monoisotopic (exact) mass is 493 g/mol. The lowest BCUT2D eigenvalue weighted by atomic mass is 10.2. The molecule has 194 valence electrons. The fourth-order valence-electron chi connectivity index (χ4n) is 3.54. The lowest BCUT2D eigenvalue weighted by molar-refractivity contribution is -0.128. The van der Waals surface area contributed by atoms with Crippen molar-refractivity contribution in [2.24, 2.45) is 0 Å². The minimum atomic E-state index is 0.478. The molecule has 9 nitrogen and oxygen atoms in total. The van der Waals surface area contributed by atoms with Gasteiger partial charge in [0.1, 0.15) is 0 Å². The Labute approximate surface area is 215 Å². The van der Waals surface area contributed by atoms with Gasteiger partial charge in [0.05, 0.1) is 6.54 Å². The van der Waals surface area contributed by atoms with Crippen molar-refractivity contribution in [1.29, 1.82) is 0 Å². The lowest BCUT2D eigenvalue weighted by Gasteiger charge is -2.29. The van der Waals surface area contributed by atoms with Gasteiger partial charge in [0, 0.05) is 46.8 Å². The number of hydrazine groups is 1. The van der Waals surface area contributed by atoms with Gasteiger partial charge in [-0.05, 0) is 25.8 Å². The topological polar surface area (TPSA) is 77.9 Å². The normalized spacial score (nSPS) is 13.2. The molecule has 0 atom stereocenters. The molecular formula is C27H39N7O2. The van der Waals surface area contributed by atoms with E-state index in [2.05, 4.69) is 44.8 Å². The van der Waals surface area contributed by atoms with E-state index >= 15 is 0 Å². The zero-order chi connectivity index (χ0) is 26.2. The van der Waals surface area contributed by atoms with E-state index in [9.17, 15) is 4.79 Å². The second kappa shape index (κ2) is 16.0. The van der Waals surface area contributed by atoms with Crippen LogP contribution in [0.5, 0.6) is 5.88 Å². The molecule has 2 aromatic rings. The second-order valence-electron chi connectivity index (χ2n) is 8.27. The summed E-state index contributed by atoms with van der Waals surface area (Å²) in [5.74, 6) is 4.37. The first-order chi connectivity index (χ1) is 17.5. The highest BCUT2D eigenvalue weighted by molar-refractivity contribution is 5.57. The molecule has 1 aliphatic rings. The summed E-state index contributed by atoms with van der Waals surface area (Å²) in [6.45, 7) is 8.24. The fourth-order valence-corrected chi connectivity index (χ4v) is 3.54. The third-order valence-corrected chi connectivity index (χ3v) is 5.25. The van der Waals surface area contributed by atoms with Gasteiger partial charge in [0.15, 0.2) is 5.82 Å². The first-order valence-electron chi connectivity index (χ1n) is 12.1. The molecule has 2 N–H and O–H groups in total. The summed E-state index contributed by atoms with van der Waals surface area (Å²) in [6, 6.07) is 10.2. The molecule has 9 heteroatoms. The van der Waals surface area contributed by atoms with Crippen LogP contribution in [0, 0.1) is 12.3 Å². The molecule has 0 bridgehead atoms. The molecule has 1 fully saturated rings. The molecule has 1 aliphatic heterocycles. The number of nitrogens with zero attached hydrogens (tertiary/aromatic N) is 5. The minimum absolute atomic E-state index is 0.478. The van der Waals surface area contributed by atoms with E-state index in [-0.39, 0.29) is 0 Å². The Balaban J connectivity index is 0.00000145. The first-order valence-corrected chi connectivity index (χ1v) is 12.1. The molecule has 1 aromatic carbocycles. The highest BCUT2D eigenvalue weighted by Gasteiger charge is 2.26. The van der Waals surface area contributed by atoms with Gasteiger partial charge < -0.3 is 20.0 Å². The van der Waals surface area contributed by atoms with Crippen molar-refractivity contribution in [3.8, 4) is 18.2 Å². The van der Waals surface area contributed by atoms with Crippen molar-refractivity contribution < 1.29 is 9.63 Å². The summed E-state index contributed by atoms with van der Waals surface area (Å²) in [4.78, 5) is 26.7. The van der Waals surface area contributed by atoms with Crippen LogP contribution in [0.1, 0.15) is 25.8 Å². The van der Waals surface area contributed by atoms with E-state index in [0.29, 0.717) is 31.2 Å². The van der Waals surface area contributed by atoms with Crippen molar-refractivity contribution in [2.75, 3.05) is 56.6 Å². The van der Waals surface area contributed by atoms with Gasteiger partial charge in [-0.3, -0.25) is 9.36 Å². The second-order valence-corrected chi connectivity index (χ2v) is 8.27. The van der Waals surface area contributed by atoms with Crippen LogP contribution in [0.15, 0.2) is 54.6 Å². The maximum atomic E-state index is 11.6. The van der Waals surface area contributed by atoms with Crippen LogP contribution in [-0.4, -0.2) is 67.8 Å². The van der Waals surface area contributed by atoms with E-state index < -0.39 is 0 Å². The average molecular weight is 494 g/mol. The highest BCUT2D eigenvalue weighted by Crippen LogP contribution is 2.33. The van der Waals surface area contributed by atoms with E-state index in [1.807, 2.05) is 68.4 Å². The van der Waals surface area contributed by atoms with Crippen LogP contribution in [0.2, 0.25) is 0 Å². The van der Waals surface area contributed by atoms with Crippen molar-refractivity contribution in [3.05, 3.63) is 60.2 Å². The Morgan fingerprint density at radius 3 is 2.53 bits per heavy atom. The first kappa shape index (κ1) is 28.5. The molecule has 1 saturated heterocycles. The SMILES string of the molecule is C#CC.C/C=C\C=C/CCN(C=O)NOc1c(N(C)C)nc(N2CCNCC2)n1Cc1ccccc1. The molecule has 1 amide bonds. The summed E-state index contributed by atoms with van der Waals surface area (Å²) >= 11 is 0. The van der Waals surface area contributed by atoms with E-state index in [1.54, 1.807) is 6.92 Å². The van der Waals surface area contributed by atoms with Crippen LogP contribution in [0.4, 0.5) is 11.8 Å². The molecule has 1 aromatic heterocycles. The van der Waals surface area contributed by atoms with E-state index in [1.165, 1.54) is 5.01 Å². The number of rotatable bonds is 12. The van der Waals surface area contributed by atoms with Crippen LogP contribution in [-0.2, 0) is 11.3 Å². The summed E-state index contributed by atoms with van der Waals surface area (Å²) in [7, 11) is 3.88. The van der Waals surface area contributed by atoms with Gasteiger partial charge in [-0.2, -0.15) is 4.98 Å². The van der Waals surface area contributed by atoms with Crippen LogP contribution >= 0.6 is 0 Å². The van der Waals surface area contributed by atoms with Crippen molar-refractivity contribution in [3.63, 3.8) is 0 Å². The number of carbonyl (C=O) groups excluding carboxylic acids is 1. The number of hydrogen-bond acceptors (Lipinski definition) is 7. The van der Waals surface area contributed by atoms with Crippen LogP contribution < -0.4 is 25.5 Å². The smallest absolute Gasteiger partial charge is 0.267 e. The fraction of sp³-hybridized carbons (Fsp3) is 0.407. The number of hydrogen-bond donors (Lipinski definition) is 2. The van der Waals surface area contributed by atoms with Crippen LogP contribution in [0.3, 0.4) is 0 Å². The summed E-state index contributed by atoms with van der Waals surface area (Å²) in [5, 5.41) is 4.78. The molecule has 0 unspecified atom stereocenters. The number of aromatic nitrogens is 2. The lowest BCUT2D eigenvalue weighted by Crippen LogP contribution is -2.44.